The fourth-order valence-electron chi connectivity index (χ4n) is 2.90. The molecule has 2 aliphatic rings. The highest BCUT2D eigenvalue weighted by atomic mass is 32.1. The van der Waals surface area contributed by atoms with Crippen molar-refractivity contribution in [1.29, 1.82) is 0 Å². The summed E-state index contributed by atoms with van der Waals surface area (Å²) in [6, 6.07) is 2.65. The second-order valence-electron chi connectivity index (χ2n) is 4.70. The van der Waals surface area contributed by atoms with E-state index in [4.69, 9.17) is 0 Å². The maximum absolute atomic E-state index is 12.3. The normalized spacial score (nSPS) is 29.7. The van der Waals surface area contributed by atoms with E-state index in [0.29, 0.717) is 12.1 Å². The number of nitrogens with zero attached hydrogens (tertiary/aromatic N) is 3. The van der Waals surface area contributed by atoms with Crippen LogP contribution in [-0.4, -0.2) is 52.3 Å². The molecule has 1 aromatic rings. The van der Waals surface area contributed by atoms with Crippen molar-refractivity contribution in [3.63, 3.8) is 0 Å². The van der Waals surface area contributed by atoms with Gasteiger partial charge in [0, 0.05) is 31.4 Å². The van der Waals surface area contributed by atoms with Gasteiger partial charge in [-0.05, 0) is 37.5 Å². The number of likely N-dealkylation sites (tertiary alicyclic amines) is 1. The zero-order valence-corrected chi connectivity index (χ0v) is 10.1. The largest absolute Gasteiger partial charge is 0.329 e. The maximum atomic E-state index is 12.3. The van der Waals surface area contributed by atoms with Gasteiger partial charge in [-0.25, -0.2) is 4.37 Å². The number of piperazine rings is 1. The van der Waals surface area contributed by atoms with E-state index in [-0.39, 0.29) is 5.91 Å². The molecular weight excluding hydrogens is 222 g/mol. The van der Waals surface area contributed by atoms with Crippen LogP contribution in [0, 0.1) is 0 Å². The molecule has 0 N–H and O–H groups in total. The van der Waals surface area contributed by atoms with Gasteiger partial charge in [0.1, 0.15) is 4.88 Å². The molecule has 0 radical (unpaired) electrons. The Balaban J connectivity index is 1.84. The Bertz CT molecular complexity index is 378. The van der Waals surface area contributed by atoms with Crippen molar-refractivity contribution in [3.05, 3.63) is 17.1 Å². The van der Waals surface area contributed by atoms with Gasteiger partial charge >= 0.3 is 0 Å². The van der Waals surface area contributed by atoms with Crippen molar-refractivity contribution in [2.24, 2.45) is 0 Å². The molecule has 0 aliphatic carbocycles. The molecule has 2 atom stereocenters. The summed E-state index contributed by atoms with van der Waals surface area (Å²) >= 11 is 1.30. The lowest BCUT2D eigenvalue weighted by molar-refractivity contribution is 0.0477. The SMILES string of the molecule is CN1CC2CCC(C1)N2C(=O)c1ccns1. The van der Waals surface area contributed by atoms with E-state index in [1.807, 2.05) is 6.07 Å². The Morgan fingerprint density at radius 3 is 2.69 bits per heavy atom. The number of amides is 1. The summed E-state index contributed by atoms with van der Waals surface area (Å²) in [5, 5.41) is 0. The third-order valence-electron chi connectivity index (χ3n) is 3.55. The van der Waals surface area contributed by atoms with Crippen LogP contribution < -0.4 is 0 Å². The Labute approximate surface area is 99.0 Å². The van der Waals surface area contributed by atoms with Crippen molar-refractivity contribution < 1.29 is 4.79 Å². The smallest absolute Gasteiger partial charge is 0.266 e. The van der Waals surface area contributed by atoms with Gasteiger partial charge in [0.2, 0.25) is 0 Å². The number of fused-ring (bicyclic) bond motifs is 2. The summed E-state index contributed by atoms with van der Waals surface area (Å²) in [5.41, 5.74) is 0. The van der Waals surface area contributed by atoms with Crippen molar-refractivity contribution >= 4 is 17.4 Å². The highest BCUT2D eigenvalue weighted by Gasteiger charge is 2.41. The number of hydrogen-bond donors (Lipinski definition) is 0. The minimum absolute atomic E-state index is 0.183. The van der Waals surface area contributed by atoms with Crippen LogP contribution in [0.2, 0.25) is 0 Å². The maximum Gasteiger partial charge on any atom is 0.266 e. The first-order valence-electron chi connectivity index (χ1n) is 5.67. The molecule has 2 fully saturated rings. The topological polar surface area (TPSA) is 36.4 Å². The minimum atomic E-state index is 0.183. The molecule has 2 saturated heterocycles. The number of likely N-dealkylation sites (N-methyl/N-ethyl adjacent to an activating group) is 1. The molecule has 16 heavy (non-hydrogen) atoms. The van der Waals surface area contributed by atoms with Crippen LogP contribution in [0.5, 0.6) is 0 Å². The summed E-state index contributed by atoms with van der Waals surface area (Å²) in [6.45, 7) is 2.03. The fraction of sp³-hybridized carbons (Fsp3) is 0.636. The first kappa shape index (κ1) is 10.2. The summed E-state index contributed by atoms with van der Waals surface area (Å²) < 4.78 is 4.01. The fourth-order valence-corrected chi connectivity index (χ4v) is 3.44. The van der Waals surface area contributed by atoms with Crippen LogP contribution in [0.3, 0.4) is 0 Å². The molecule has 0 aromatic carbocycles. The lowest BCUT2D eigenvalue weighted by Crippen LogP contribution is -2.54. The average molecular weight is 237 g/mol. The van der Waals surface area contributed by atoms with Crippen LogP contribution in [0.1, 0.15) is 22.5 Å². The standard InChI is InChI=1S/C11H15N3OS/c1-13-6-8-2-3-9(7-13)14(8)11(15)10-4-5-12-16-10/h4-5,8-9H,2-3,6-7H2,1H3. The van der Waals surface area contributed by atoms with E-state index in [9.17, 15) is 4.79 Å². The Morgan fingerprint density at radius 1 is 1.44 bits per heavy atom. The molecule has 0 saturated carbocycles. The Kier molecular flexibility index (Phi) is 2.44. The number of aromatic nitrogens is 1. The van der Waals surface area contributed by atoms with Crippen molar-refractivity contribution in [1.82, 2.24) is 14.2 Å². The predicted octanol–water partition coefficient (Wildman–Crippen LogP) is 1.06. The quantitative estimate of drug-likeness (QED) is 0.733. The number of carbonyl (C=O) groups excluding carboxylic acids is 1. The third kappa shape index (κ3) is 1.55. The van der Waals surface area contributed by atoms with Crippen LogP contribution in [0.15, 0.2) is 12.3 Å². The highest BCUT2D eigenvalue weighted by molar-refractivity contribution is 7.08. The zero-order valence-electron chi connectivity index (χ0n) is 9.30. The molecule has 2 bridgehead atoms. The lowest BCUT2D eigenvalue weighted by atomic mass is 10.2. The molecule has 86 valence electrons. The van der Waals surface area contributed by atoms with E-state index in [2.05, 4.69) is 21.2 Å². The predicted molar refractivity (Wildman–Crippen MR) is 62.6 cm³/mol. The molecule has 2 aliphatic heterocycles. The highest BCUT2D eigenvalue weighted by Crippen LogP contribution is 2.31. The molecule has 4 nitrogen and oxygen atoms in total. The van der Waals surface area contributed by atoms with Gasteiger partial charge in [-0.1, -0.05) is 0 Å². The zero-order chi connectivity index (χ0) is 11.1. The molecular formula is C11H15N3OS. The lowest BCUT2D eigenvalue weighted by Gasteiger charge is -2.39. The summed E-state index contributed by atoms with van der Waals surface area (Å²) in [5.74, 6) is 0.183. The molecule has 2 unspecified atom stereocenters. The molecule has 1 amide bonds. The van der Waals surface area contributed by atoms with Gasteiger partial charge < -0.3 is 9.80 Å². The number of rotatable bonds is 1. The minimum Gasteiger partial charge on any atom is -0.329 e. The van der Waals surface area contributed by atoms with Crippen LogP contribution in [0.4, 0.5) is 0 Å². The molecule has 0 spiro atoms. The van der Waals surface area contributed by atoms with Crippen molar-refractivity contribution in [2.45, 2.75) is 24.9 Å². The number of carbonyl (C=O) groups is 1. The molecule has 3 heterocycles. The van der Waals surface area contributed by atoms with Crippen LogP contribution in [-0.2, 0) is 0 Å². The van der Waals surface area contributed by atoms with E-state index in [1.54, 1.807) is 6.20 Å². The van der Waals surface area contributed by atoms with Crippen LogP contribution >= 0.6 is 11.5 Å². The summed E-state index contributed by atoms with van der Waals surface area (Å²) in [7, 11) is 2.14. The van der Waals surface area contributed by atoms with E-state index in [0.717, 1.165) is 30.8 Å². The monoisotopic (exact) mass is 237 g/mol. The second-order valence-corrected chi connectivity index (χ2v) is 5.53. The van der Waals surface area contributed by atoms with Gasteiger partial charge in [0.15, 0.2) is 0 Å². The Morgan fingerprint density at radius 2 is 2.12 bits per heavy atom. The van der Waals surface area contributed by atoms with E-state index < -0.39 is 0 Å². The van der Waals surface area contributed by atoms with E-state index in [1.165, 1.54) is 11.5 Å². The third-order valence-corrected chi connectivity index (χ3v) is 4.28. The summed E-state index contributed by atoms with van der Waals surface area (Å²) in [4.78, 5) is 17.5. The van der Waals surface area contributed by atoms with Crippen LogP contribution in [0.25, 0.3) is 0 Å². The average Bonchev–Trinajstić information content (AvgIpc) is 2.85. The van der Waals surface area contributed by atoms with Gasteiger partial charge in [-0.3, -0.25) is 4.79 Å². The molecule has 3 rings (SSSR count). The Hall–Kier alpha value is -0.940. The summed E-state index contributed by atoms with van der Waals surface area (Å²) in [6.07, 6.45) is 4.01. The number of hydrogen-bond acceptors (Lipinski definition) is 4. The first-order chi connectivity index (χ1) is 7.75. The van der Waals surface area contributed by atoms with Crippen molar-refractivity contribution in [2.75, 3.05) is 20.1 Å². The van der Waals surface area contributed by atoms with Crippen molar-refractivity contribution in [3.8, 4) is 0 Å². The molecule has 1 aromatic heterocycles. The second kappa shape index (κ2) is 3.82. The molecule has 5 heteroatoms. The van der Waals surface area contributed by atoms with Gasteiger partial charge in [-0.2, -0.15) is 0 Å². The van der Waals surface area contributed by atoms with Gasteiger partial charge in [0.05, 0.1) is 0 Å². The van der Waals surface area contributed by atoms with Gasteiger partial charge in [0.25, 0.3) is 5.91 Å². The van der Waals surface area contributed by atoms with E-state index >= 15 is 0 Å². The first-order valence-corrected chi connectivity index (χ1v) is 6.45. The van der Waals surface area contributed by atoms with Gasteiger partial charge in [-0.15, -0.1) is 0 Å².